The van der Waals surface area contributed by atoms with Gasteiger partial charge in [0, 0.05) is 12.6 Å². The number of para-hydroxylation sites is 2. The summed E-state index contributed by atoms with van der Waals surface area (Å²) < 4.78 is 11.0. The molecule has 1 atom stereocenters. The van der Waals surface area contributed by atoms with Gasteiger partial charge in [-0.2, -0.15) is 0 Å². The van der Waals surface area contributed by atoms with E-state index in [0.717, 1.165) is 36.8 Å². The third kappa shape index (κ3) is 6.23. The summed E-state index contributed by atoms with van der Waals surface area (Å²) in [6, 6.07) is 14.8. The number of nitrogens with one attached hydrogen (secondary N) is 1. The Kier molecular flexibility index (Phi) is 7.93. The Morgan fingerprint density at radius 1 is 1.10 bits per heavy atom. The van der Waals surface area contributed by atoms with Crippen LogP contribution in [-0.2, 0) is 16.1 Å². The first-order valence-corrected chi connectivity index (χ1v) is 10.9. The zero-order valence-electron chi connectivity index (χ0n) is 18.6. The largest absolute Gasteiger partial charge is 0.493 e. The molecule has 6 heteroatoms. The Hall–Kier alpha value is -3.02. The molecule has 166 valence electrons. The highest BCUT2D eigenvalue weighted by molar-refractivity contribution is 5.88. The molecule has 3 rings (SSSR count). The number of carbonyl (C=O) groups excluding carboxylic acids is 2. The lowest BCUT2D eigenvalue weighted by Crippen LogP contribution is -2.50. The molecular weight excluding hydrogens is 392 g/mol. The summed E-state index contributed by atoms with van der Waals surface area (Å²) in [5, 5.41) is 3.11. The van der Waals surface area contributed by atoms with E-state index in [0.29, 0.717) is 18.0 Å². The lowest BCUT2D eigenvalue weighted by Gasteiger charge is -2.30. The molecule has 0 radical (unpaired) electrons. The number of amides is 2. The molecule has 1 N–H and O–H groups in total. The maximum absolute atomic E-state index is 13.2. The first kappa shape index (κ1) is 22.7. The molecule has 0 aliphatic heterocycles. The maximum Gasteiger partial charge on any atom is 0.261 e. The van der Waals surface area contributed by atoms with Crippen molar-refractivity contribution in [3.8, 4) is 11.5 Å². The summed E-state index contributed by atoms with van der Waals surface area (Å²) in [5.74, 6) is 0.691. The van der Waals surface area contributed by atoms with Crippen molar-refractivity contribution in [3.63, 3.8) is 0 Å². The predicted octanol–water partition coefficient (Wildman–Crippen LogP) is 3.86. The molecule has 2 amide bonds. The van der Waals surface area contributed by atoms with Crippen molar-refractivity contribution in [1.82, 2.24) is 10.2 Å². The molecule has 0 spiro atoms. The van der Waals surface area contributed by atoms with E-state index >= 15 is 0 Å². The standard InChI is InChI=1S/C25H32N2O4/c1-18-9-8-10-20(15-18)16-27(19(2)25(29)26-21-11-4-5-12-21)24(28)17-31-23-14-7-6-13-22(23)30-3/h6-10,13-15,19,21H,4-5,11-12,16-17H2,1-3H3,(H,26,29)/t19-/m1/s1. The number of hydrogen-bond donors (Lipinski definition) is 1. The molecular formula is C25H32N2O4. The molecule has 1 saturated carbocycles. The van der Waals surface area contributed by atoms with Crippen LogP contribution in [0.5, 0.6) is 11.5 Å². The minimum atomic E-state index is -0.602. The number of nitrogens with zero attached hydrogens (tertiary/aromatic N) is 1. The van der Waals surface area contributed by atoms with Crippen LogP contribution < -0.4 is 14.8 Å². The second kappa shape index (κ2) is 10.8. The van der Waals surface area contributed by atoms with Gasteiger partial charge in [0.1, 0.15) is 6.04 Å². The van der Waals surface area contributed by atoms with Crippen LogP contribution in [-0.4, -0.2) is 42.5 Å². The number of ether oxygens (including phenoxy) is 2. The number of methoxy groups -OCH3 is 1. The second-order valence-corrected chi connectivity index (χ2v) is 8.12. The highest BCUT2D eigenvalue weighted by Gasteiger charge is 2.29. The highest BCUT2D eigenvalue weighted by atomic mass is 16.5. The first-order chi connectivity index (χ1) is 15.0. The maximum atomic E-state index is 13.2. The van der Waals surface area contributed by atoms with Crippen LogP contribution in [0.3, 0.4) is 0 Å². The van der Waals surface area contributed by atoms with E-state index in [1.54, 1.807) is 31.1 Å². The fourth-order valence-corrected chi connectivity index (χ4v) is 3.94. The Balaban J connectivity index is 1.73. The summed E-state index contributed by atoms with van der Waals surface area (Å²) in [6.45, 7) is 3.96. The molecule has 2 aromatic carbocycles. The first-order valence-electron chi connectivity index (χ1n) is 10.9. The molecule has 0 saturated heterocycles. The third-order valence-corrected chi connectivity index (χ3v) is 5.72. The molecule has 1 fully saturated rings. The van der Waals surface area contributed by atoms with Gasteiger partial charge in [0.25, 0.3) is 5.91 Å². The molecule has 0 unspecified atom stereocenters. The predicted molar refractivity (Wildman–Crippen MR) is 120 cm³/mol. The molecule has 2 aromatic rings. The Morgan fingerprint density at radius 2 is 1.81 bits per heavy atom. The summed E-state index contributed by atoms with van der Waals surface area (Å²) >= 11 is 0. The van der Waals surface area contributed by atoms with Crippen LogP contribution in [0.25, 0.3) is 0 Å². The lowest BCUT2D eigenvalue weighted by atomic mass is 10.1. The van der Waals surface area contributed by atoms with E-state index in [-0.39, 0.29) is 24.5 Å². The van der Waals surface area contributed by atoms with Crippen LogP contribution in [0.2, 0.25) is 0 Å². The van der Waals surface area contributed by atoms with Gasteiger partial charge >= 0.3 is 0 Å². The smallest absolute Gasteiger partial charge is 0.261 e. The van der Waals surface area contributed by atoms with Gasteiger partial charge in [-0.05, 0) is 44.4 Å². The minimum Gasteiger partial charge on any atom is -0.493 e. The average molecular weight is 425 g/mol. The second-order valence-electron chi connectivity index (χ2n) is 8.12. The van der Waals surface area contributed by atoms with E-state index < -0.39 is 6.04 Å². The van der Waals surface area contributed by atoms with Gasteiger partial charge in [-0.25, -0.2) is 0 Å². The Morgan fingerprint density at radius 3 is 2.48 bits per heavy atom. The topological polar surface area (TPSA) is 67.9 Å². The van der Waals surface area contributed by atoms with Gasteiger partial charge < -0.3 is 19.7 Å². The van der Waals surface area contributed by atoms with E-state index in [1.165, 1.54) is 0 Å². The molecule has 31 heavy (non-hydrogen) atoms. The fraction of sp³-hybridized carbons (Fsp3) is 0.440. The van der Waals surface area contributed by atoms with Crippen LogP contribution >= 0.6 is 0 Å². The third-order valence-electron chi connectivity index (χ3n) is 5.72. The van der Waals surface area contributed by atoms with Crippen molar-refractivity contribution in [3.05, 3.63) is 59.7 Å². The Labute approximate surface area is 184 Å². The summed E-state index contributed by atoms with van der Waals surface area (Å²) in [6.07, 6.45) is 4.28. The van der Waals surface area contributed by atoms with Gasteiger partial charge in [-0.1, -0.05) is 54.8 Å². The fourth-order valence-electron chi connectivity index (χ4n) is 3.94. The average Bonchev–Trinajstić information content (AvgIpc) is 3.28. The lowest BCUT2D eigenvalue weighted by molar-refractivity contribution is -0.142. The van der Waals surface area contributed by atoms with Crippen LogP contribution in [0.1, 0.15) is 43.7 Å². The van der Waals surface area contributed by atoms with E-state index in [1.807, 2.05) is 43.3 Å². The molecule has 0 heterocycles. The summed E-state index contributed by atoms with van der Waals surface area (Å²) in [7, 11) is 1.56. The van der Waals surface area contributed by atoms with Crippen LogP contribution in [0.15, 0.2) is 48.5 Å². The normalized spacial score (nSPS) is 14.7. The molecule has 1 aliphatic rings. The van der Waals surface area contributed by atoms with Crippen molar-refractivity contribution < 1.29 is 19.1 Å². The molecule has 0 aromatic heterocycles. The van der Waals surface area contributed by atoms with E-state index in [2.05, 4.69) is 5.32 Å². The quantitative estimate of drug-likeness (QED) is 0.664. The van der Waals surface area contributed by atoms with Crippen molar-refractivity contribution >= 4 is 11.8 Å². The van der Waals surface area contributed by atoms with Gasteiger partial charge in [-0.15, -0.1) is 0 Å². The number of carbonyl (C=O) groups is 2. The van der Waals surface area contributed by atoms with Gasteiger partial charge in [0.15, 0.2) is 18.1 Å². The van der Waals surface area contributed by atoms with Crippen molar-refractivity contribution in [1.29, 1.82) is 0 Å². The zero-order chi connectivity index (χ0) is 22.2. The number of benzene rings is 2. The molecule has 1 aliphatic carbocycles. The summed E-state index contributed by atoms with van der Waals surface area (Å²) in [4.78, 5) is 27.7. The SMILES string of the molecule is COc1ccccc1OCC(=O)N(Cc1cccc(C)c1)[C@H](C)C(=O)NC1CCCC1. The monoisotopic (exact) mass is 424 g/mol. The van der Waals surface area contributed by atoms with Crippen LogP contribution in [0, 0.1) is 6.92 Å². The minimum absolute atomic E-state index is 0.120. The molecule has 6 nitrogen and oxygen atoms in total. The van der Waals surface area contributed by atoms with Crippen molar-refractivity contribution in [2.75, 3.05) is 13.7 Å². The van der Waals surface area contributed by atoms with Gasteiger partial charge in [-0.3, -0.25) is 9.59 Å². The zero-order valence-corrected chi connectivity index (χ0v) is 18.6. The Bertz CT molecular complexity index is 893. The number of rotatable bonds is 9. The van der Waals surface area contributed by atoms with Gasteiger partial charge in [0.05, 0.1) is 7.11 Å². The van der Waals surface area contributed by atoms with Crippen LogP contribution in [0.4, 0.5) is 0 Å². The molecule has 0 bridgehead atoms. The summed E-state index contributed by atoms with van der Waals surface area (Å²) in [5.41, 5.74) is 2.09. The van der Waals surface area contributed by atoms with Crippen molar-refractivity contribution in [2.45, 2.75) is 58.2 Å². The number of aryl methyl sites for hydroxylation is 1. The van der Waals surface area contributed by atoms with Crippen molar-refractivity contribution in [2.24, 2.45) is 0 Å². The number of hydrogen-bond acceptors (Lipinski definition) is 4. The highest BCUT2D eigenvalue weighted by Crippen LogP contribution is 2.26. The van der Waals surface area contributed by atoms with Gasteiger partial charge in [0.2, 0.25) is 5.91 Å². The van der Waals surface area contributed by atoms with E-state index in [4.69, 9.17) is 9.47 Å². The van der Waals surface area contributed by atoms with E-state index in [9.17, 15) is 9.59 Å².